The highest BCUT2D eigenvalue weighted by Gasteiger charge is 2.35. The number of hydrogen-bond acceptors (Lipinski definition) is 7. The molecule has 1 N–H and O–H groups in total. The summed E-state index contributed by atoms with van der Waals surface area (Å²) < 4.78 is 32.3. The predicted octanol–water partition coefficient (Wildman–Crippen LogP) is 5.76. The van der Waals surface area contributed by atoms with E-state index in [1.54, 1.807) is 23.1 Å². The largest absolute Gasteiger partial charge is 0.460 e. The highest BCUT2D eigenvalue weighted by molar-refractivity contribution is 6.53. The van der Waals surface area contributed by atoms with Crippen LogP contribution in [0.3, 0.4) is 0 Å². The quantitative estimate of drug-likeness (QED) is 0.329. The van der Waals surface area contributed by atoms with Gasteiger partial charge in [0.05, 0.1) is 6.61 Å². The zero-order chi connectivity index (χ0) is 28.8. The number of carbonyl (C=O) groups is 1. The Morgan fingerprint density at radius 1 is 1.05 bits per heavy atom. The van der Waals surface area contributed by atoms with Crippen molar-refractivity contribution >= 4 is 15.1 Å². The van der Waals surface area contributed by atoms with Gasteiger partial charge in [-0.1, -0.05) is 69.3 Å². The number of aliphatic hydroxyl groups is 1. The Balaban J connectivity index is 1.27. The molecule has 213 valence electrons. The molecular formula is C30H37FN3O5Si. The Labute approximate surface area is 236 Å². The lowest BCUT2D eigenvalue weighted by molar-refractivity contribution is -0.0525. The zero-order valence-electron chi connectivity index (χ0n) is 23.5. The van der Waals surface area contributed by atoms with Crippen LogP contribution in [0.2, 0.25) is 11.6 Å². The Morgan fingerprint density at radius 2 is 1.73 bits per heavy atom. The van der Waals surface area contributed by atoms with Crippen LogP contribution in [0.15, 0.2) is 60.9 Å². The van der Waals surface area contributed by atoms with Gasteiger partial charge in [0.25, 0.3) is 0 Å². The highest BCUT2D eigenvalue weighted by atomic mass is 28.3. The highest BCUT2D eigenvalue weighted by Crippen LogP contribution is 2.30. The minimum Gasteiger partial charge on any atom is -0.460 e. The monoisotopic (exact) mass is 566 g/mol. The van der Waals surface area contributed by atoms with Crippen LogP contribution in [0, 0.1) is 5.82 Å². The van der Waals surface area contributed by atoms with Crippen molar-refractivity contribution in [3.63, 3.8) is 0 Å². The molecule has 1 aliphatic heterocycles. The van der Waals surface area contributed by atoms with Crippen LogP contribution >= 0.6 is 0 Å². The number of rotatable bonds is 9. The Hall–Kier alpha value is -3.34. The van der Waals surface area contributed by atoms with Crippen LogP contribution in [0.4, 0.5) is 9.18 Å². The molecule has 1 aromatic heterocycles. The van der Waals surface area contributed by atoms with Gasteiger partial charge in [0.2, 0.25) is 9.04 Å². The Morgan fingerprint density at radius 3 is 2.38 bits per heavy atom. The number of aromatic nitrogens is 2. The number of benzene rings is 2. The predicted molar refractivity (Wildman–Crippen MR) is 151 cm³/mol. The van der Waals surface area contributed by atoms with E-state index in [0.717, 1.165) is 5.56 Å². The van der Waals surface area contributed by atoms with Crippen molar-refractivity contribution in [2.24, 2.45) is 0 Å². The van der Waals surface area contributed by atoms with E-state index in [9.17, 15) is 9.90 Å². The van der Waals surface area contributed by atoms with Crippen molar-refractivity contribution in [1.82, 2.24) is 14.9 Å². The fourth-order valence-electron chi connectivity index (χ4n) is 4.11. The molecule has 1 radical (unpaired) electrons. The summed E-state index contributed by atoms with van der Waals surface area (Å²) in [4.78, 5) is 22.4. The molecule has 1 aliphatic rings. The first-order chi connectivity index (χ1) is 19.0. The summed E-state index contributed by atoms with van der Waals surface area (Å²) in [7, 11) is -1.10. The van der Waals surface area contributed by atoms with Crippen molar-refractivity contribution in [3.05, 3.63) is 77.9 Å². The van der Waals surface area contributed by atoms with Crippen molar-refractivity contribution in [2.45, 2.75) is 64.0 Å². The van der Waals surface area contributed by atoms with E-state index in [-0.39, 0.29) is 36.7 Å². The fourth-order valence-corrected chi connectivity index (χ4v) is 4.91. The average Bonchev–Trinajstić information content (AvgIpc) is 2.95. The first-order valence-corrected chi connectivity index (χ1v) is 15.3. The molecule has 3 aromatic rings. The molecule has 0 bridgehead atoms. The molecule has 0 unspecified atom stereocenters. The molecule has 10 heteroatoms. The fraction of sp³-hybridized carbons (Fsp3) is 0.433. The van der Waals surface area contributed by atoms with Crippen LogP contribution in [-0.2, 0) is 22.4 Å². The normalized spacial score (nSPS) is 15.2. The van der Waals surface area contributed by atoms with Gasteiger partial charge in [0, 0.05) is 42.2 Å². The third kappa shape index (κ3) is 7.86. The second-order valence-corrected chi connectivity index (χ2v) is 14.1. The maximum Gasteiger partial charge on any atom is 0.410 e. The lowest BCUT2D eigenvalue weighted by Gasteiger charge is -2.37. The van der Waals surface area contributed by atoms with E-state index in [0.29, 0.717) is 42.6 Å². The van der Waals surface area contributed by atoms with Crippen LogP contribution in [-0.4, -0.2) is 60.4 Å². The van der Waals surface area contributed by atoms with Crippen LogP contribution < -0.4 is 4.74 Å². The third-order valence-electron chi connectivity index (χ3n) is 7.15. The molecule has 1 amide bonds. The van der Waals surface area contributed by atoms with Gasteiger partial charge in [-0.15, -0.1) is 0 Å². The smallest absolute Gasteiger partial charge is 0.410 e. The second kappa shape index (κ2) is 12.9. The van der Waals surface area contributed by atoms with Crippen LogP contribution in [0.25, 0.3) is 11.1 Å². The van der Waals surface area contributed by atoms with E-state index in [2.05, 4.69) is 37.3 Å². The number of hydrogen-bond donors (Lipinski definition) is 1. The summed E-state index contributed by atoms with van der Waals surface area (Å²) in [5.74, 6) is -0.355. The van der Waals surface area contributed by atoms with Crippen molar-refractivity contribution < 1.29 is 28.2 Å². The lowest BCUT2D eigenvalue weighted by Crippen LogP contribution is -2.49. The number of carbonyl (C=O) groups excluding carboxylic acids is 1. The number of halogens is 1. The van der Waals surface area contributed by atoms with Gasteiger partial charge in [0.15, 0.2) is 0 Å². The maximum absolute atomic E-state index is 15.2. The minimum atomic E-state index is -1.12. The molecule has 8 nitrogen and oxygen atoms in total. The number of ether oxygens (including phenoxy) is 2. The van der Waals surface area contributed by atoms with Gasteiger partial charge in [-0.2, -0.15) is 0 Å². The topological polar surface area (TPSA) is 94.0 Å². The summed E-state index contributed by atoms with van der Waals surface area (Å²) in [5, 5.41) is 11.0. The molecule has 0 aliphatic carbocycles. The van der Waals surface area contributed by atoms with Gasteiger partial charge in [0.1, 0.15) is 24.6 Å². The van der Waals surface area contributed by atoms with Gasteiger partial charge in [-0.3, -0.25) is 0 Å². The number of piperidine rings is 1. The summed E-state index contributed by atoms with van der Waals surface area (Å²) in [6, 6.07) is 14.8. The van der Waals surface area contributed by atoms with Crippen LogP contribution in [0.1, 0.15) is 44.7 Å². The van der Waals surface area contributed by atoms with Crippen molar-refractivity contribution in [3.8, 4) is 17.1 Å². The van der Waals surface area contributed by atoms with E-state index in [4.69, 9.17) is 13.9 Å². The van der Waals surface area contributed by atoms with Gasteiger partial charge < -0.3 is 23.9 Å². The van der Waals surface area contributed by atoms with E-state index in [1.165, 1.54) is 12.4 Å². The zero-order valence-corrected chi connectivity index (χ0v) is 24.5. The summed E-state index contributed by atoms with van der Waals surface area (Å²) in [6.07, 6.45) is 3.28. The van der Waals surface area contributed by atoms with Gasteiger partial charge in [-0.05, 0) is 30.0 Å². The molecular weight excluding hydrogens is 529 g/mol. The lowest BCUT2D eigenvalue weighted by atomic mass is 9.92. The molecule has 0 atom stereocenters. The average molecular weight is 567 g/mol. The van der Waals surface area contributed by atoms with E-state index >= 15 is 4.39 Å². The Kier molecular flexibility index (Phi) is 9.54. The molecule has 2 heterocycles. The molecule has 1 saturated heterocycles. The van der Waals surface area contributed by atoms with Crippen molar-refractivity contribution in [1.29, 1.82) is 0 Å². The summed E-state index contributed by atoms with van der Waals surface area (Å²) >= 11 is 0. The van der Waals surface area contributed by atoms with E-state index < -0.39 is 20.7 Å². The summed E-state index contributed by atoms with van der Waals surface area (Å²) in [5.41, 5.74) is 1.19. The van der Waals surface area contributed by atoms with E-state index in [1.807, 2.05) is 30.3 Å². The van der Waals surface area contributed by atoms with Gasteiger partial charge in [-0.25, -0.2) is 19.2 Å². The number of amides is 1. The molecule has 0 saturated carbocycles. The molecule has 40 heavy (non-hydrogen) atoms. The minimum absolute atomic E-state index is 0.0186. The SMILES string of the molecule is C[Si](OCc1cccc(-c2cnc(OCC3(O)CCN(C(=O)OCc4ccccc4)CC3)nc2)c1F)C(C)(C)C. The second-order valence-electron chi connectivity index (χ2n) is 11.2. The molecule has 1 fully saturated rings. The maximum atomic E-state index is 15.2. The number of likely N-dealkylation sites (tertiary alicyclic amines) is 1. The van der Waals surface area contributed by atoms with Crippen LogP contribution in [0.5, 0.6) is 6.01 Å². The first kappa shape index (κ1) is 29.6. The van der Waals surface area contributed by atoms with Crippen molar-refractivity contribution in [2.75, 3.05) is 19.7 Å². The third-order valence-corrected chi connectivity index (χ3v) is 9.84. The summed E-state index contributed by atoms with van der Waals surface area (Å²) in [6.45, 7) is 9.56. The molecule has 2 aromatic carbocycles. The standard InChI is InChI=1S/C30H37FN3O5Si/c1-29(2,3)40(4)39-20-23-11-8-12-25(26(23)31)24-17-32-27(33-18-24)38-21-30(36)13-15-34(16-14-30)28(35)37-19-22-9-6-5-7-10-22/h5-12,17-18,36H,13-16,19-21H2,1-4H3. The molecule has 4 rings (SSSR count). The Bertz CT molecular complexity index is 1260. The van der Waals surface area contributed by atoms with Gasteiger partial charge >= 0.3 is 12.1 Å². The number of nitrogens with zero attached hydrogens (tertiary/aromatic N) is 3. The first-order valence-electron chi connectivity index (χ1n) is 13.4. The molecule has 0 spiro atoms.